The van der Waals surface area contributed by atoms with Crippen LogP contribution in [-0.2, 0) is 0 Å². The van der Waals surface area contributed by atoms with Crippen LogP contribution in [0.25, 0.3) is 0 Å². The minimum atomic E-state index is 0.0799. The second-order valence-electron chi connectivity index (χ2n) is 3.53. The summed E-state index contributed by atoms with van der Waals surface area (Å²) in [5.41, 5.74) is 0.639. The van der Waals surface area contributed by atoms with Gasteiger partial charge >= 0.3 is 0 Å². The molecule has 2 rings (SSSR count). The number of hydrogen-bond donors (Lipinski definition) is 0. The van der Waals surface area contributed by atoms with Gasteiger partial charge in [0.15, 0.2) is 17.1 Å². The Bertz CT molecular complexity index is 638. The van der Waals surface area contributed by atoms with Gasteiger partial charge < -0.3 is 9.94 Å². The smallest absolute Gasteiger partial charge is 0.223 e. The average molecular weight is 262 g/mol. The van der Waals surface area contributed by atoms with E-state index in [9.17, 15) is 5.21 Å². The predicted molar refractivity (Wildman–Crippen MR) is 64.2 cm³/mol. The van der Waals surface area contributed by atoms with Gasteiger partial charge in [-0.3, -0.25) is 0 Å². The molecule has 0 aliphatic heterocycles. The fourth-order valence-corrected chi connectivity index (χ4v) is 1.42. The Balaban J connectivity index is 2.29. The van der Waals surface area contributed by atoms with E-state index in [0.29, 0.717) is 16.2 Å². The first kappa shape index (κ1) is 12.1. The van der Waals surface area contributed by atoms with Crippen molar-refractivity contribution in [3.63, 3.8) is 0 Å². The van der Waals surface area contributed by atoms with Crippen LogP contribution in [-0.4, -0.2) is 4.98 Å². The molecule has 0 N–H and O–H groups in total. The summed E-state index contributed by atoms with van der Waals surface area (Å²) in [5.74, 6) is 0.550. The normalized spacial score (nSPS) is 9.83. The first-order valence-electron chi connectivity index (χ1n) is 5.04. The van der Waals surface area contributed by atoms with Crippen LogP contribution in [0.1, 0.15) is 11.4 Å². The van der Waals surface area contributed by atoms with E-state index < -0.39 is 0 Å². The number of hydrogen-bond acceptors (Lipinski definition) is 4. The predicted octanol–water partition coefficient (Wildman–Crippen LogP) is 2.34. The Morgan fingerprint density at radius 1 is 1.39 bits per heavy atom. The van der Waals surface area contributed by atoms with Gasteiger partial charge in [0.2, 0.25) is 12.1 Å². The van der Waals surface area contributed by atoms with Crippen LogP contribution in [0.5, 0.6) is 11.6 Å². The largest absolute Gasteiger partial charge is 0.618 e. The molecule has 0 aliphatic carbocycles. The van der Waals surface area contributed by atoms with E-state index in [1.54, 1.807) is 19.1 Å². The number of aromatic nitrogens is 2. The molecule has 0 fully saturated rings. The summed E-state index contributed by atoms with van der Waals surface area (Å²) in [6.07, 6.45) is 1.29. The third kappa shape index (κ3) is 2.50. The van der Waals surface area contributed by atoms with E-state index >= 15 is 0 Å². The molecule has 0 spiro atoms. The lowest BCUT2D eigenvalue weighted by Gasteiger charge is -2.06. The molecule has 0 atom stereocenters. The van der Waals surface area contributed by atoms with E-state index in [1.165, 1.54) is 18.3 Å². The van der Waals surface area contributed by atoms with Gasteiger partial charge in [-0.05, 0) is 12.1 Å². The minimum Gasteiger partial charge on any atom is -0.618 e. The van der Waals surface area contributed by atoms with Gasteiger partial charge in [0, 0.05) is 19.1 Å². The van der Waals surface area contributed by atoms with Crippen molar-refractivity contribution in [2.75, 3.05) is 0 Å². The highest BCUT2D eigenvalue weighted by Crippen LogP contribution is 2.21. The van der Waals surface area contributed by atoms with Crippen LogP contribution in [0.2, 0.25) is 5.02 Å². The van der Waals surface area contributed by atoms with Crippen molar-refractivity contribution in [2.45, 2.75) is 6.92 Å². The zero-order valence-corrected chi connectivity index (χ0v) is 10.2. The van der Waals surface area contributed by atoms with Crippen molar-refractivity contribution in [1.82, 2.24) is 4.98 Å². The van der Waals surface area contributed by atoms with Crippen LogP contribution in [0.15, 0.2) is 30.5 Å². The lowest BCUT2D eigenvalue weighted by molar-refractivity contribution is -0.612. The van der Waals surface area contributed by atoms with Gasteiger partial charge in [-0.1, -0.05) is 11.6 Å². The molecular formula is C12H8ClN3O2. The molecule has 0 unspecified atom stereocenters. The fraction of sp³-hybridized carbons (Fsp3) is 0.0833. The topological polar surface area (TPSA) is 72.8 Å². The third-order valence-electron chi connectivity index (χ3n) is 2.23. The monoisotopic (exact) mass is 261 g/mol. The summed E-state index contributed by atoms with van der Waals surface area (Å²) in [6.45, 7) is 1.69. The number of pyridine rings is 2. The third-order valence-corrected chi connectivity index (χ3v) is 2.53. The molecular weight excluding hydrogens is 254 g/mol. The number of rotatable bonds is 2. The van der Waals surface area contributed by atoms with Crippen LogP contribution in [0, 0.1) is 23.5 Å². The average Bonchev–Trinajstić information content (AvgIpc) is 2.36. The highest BCUT2D eigenvalue weighted by molar-refractivity contribution is 6.31. The summed E-state index contributed by atoms with van der Waals surface area (Å²) >= 11 is 5.75. The molecule has 0 radical (unpaired) electrons. The van der Waals surface area contributed by atoms with E-state index in [1.807, 2.05) is 6.07 Å². The van der Waals surface area contributed by atoms with Gasteiger partial charge in [0.25, 0.3) is 0 Å². The number of ether oxygens (including phenoxy) is 1. The van der Waals surface area contributed by atoms with Gasteiger partial charge in [0.05, 0.1) is 5.02 Å². The molecule has 0 saturated heterocycles. The van der Waals surface area contributed by atoms with E-state index in [4.69, 9.17) is 21.6 Å². The number of halogens is 1. The molecule has 0 saturated carbocycles. The molecule has 2 heterocycles. The Labute approximate surface area is 108 Å². The molecule has 90 valence electrons. The quantitative estimate of drug-likeness (QED) is 0.614. The SMILES string of the molecule is Cc1ccc(Oc2ccc(Cl)c(C#N)n2)c[n+]1[O-]. The van der Waals surface area contributed by atoms with Crippen LogP contribution in [0.3, 0.4) is 0 Å². The second kappa shape index (κ2) is 4.90. The number of aryl methyl sites for hydroxylation is 1. The highest BCUT2D eigenvalue weighted by Gasteiger charge is 2.07. The van der Waals surface area contributed by atoms with Crippen molar-refractivity contribution >= 4 is 11.6 Å². The molecule has 0 amide bonds. The van der Waals surface area contributed by atoms with Crippen LogP contribution >= 0.6 is 11.6 Å². The zero-order chi connectivity index (χ0) is 13.1. The van der Waals surface area contributed by atoms with E-state index in [2.05, 4.69) is 4.98 Å². The Morgan fingerprint density at radius 3 is 2.83 bits per heavy atom. The van der Waals surface area contributed by atoms with Gasteiger partial charge in [0.1, 0.15) is 6.07 Å². The first-order valence-corrected chi connectivity index (χ1v) is 5.42. The molecule has 6 heteroatoms. The van der Waals surface area contributed by atoms with Crippen LogP contribution < -0.4 is 9.47 Å². The maximum Gasteiger partial charge on any atom is 0.223 e. The van der Waals surface area contributed by atoms with Crippen LogP contribution in [0.4, 0.5) is 0 Å². The zero-order valence-electron chi connectivity index (χ0n) is 9.42. The molecule has 0 bridgehead atoms. The Kier molecular flexibility index (Phi) is 3.31. The second-order valence-corrected chi connectivity index (χ2v) is 3.93. The summed E-state index contributed by atoms with van der Waals surface area (Å²) in [6, 6.07) is 8.17. The van der Waals surface area contributed by atoms with Crippen molar-refractivity contribution in [1.29, 1.82) is 5.26 Å². The molecule has 0 aromatic carbocycles. The van der Waals surface area contributed by atoms with Crippen molar-refractivity contribution in [3.05, 3.63) is 52.1 Å². The van der Waals surface area contributed by atoms with Crippen molar-refractivity contribution in [2.24, 2.45) is 0 Å². The maximum atomic E-state index is 11.4. The molecule has 18 heavy (non-hydrogen) atoms. The minimum absolute atomic E-state index is 0.0799. The van der Waals surface area contributed by atoms with Gasteiger partial charge in [-0.15, -0.1) is 0 Å². The number of nitriles is 1. The lowest BCUT2D eigenvalue weighted by Crippen LogP contribution is -2.28. The van der Waals surface area contributed by atoms with Gasteiger partial charge in [-0.25, -0.2) is 4.98 Å². The van der Waals surface area contributed by atoms with E-state index in [-0.39, 0.29) is 16.6 Å². The standard InChI is InChI=1S/C12H8ClN3O2/c1-8-2-3-9(7-16(8)17)18-12-5-4-10(13)11(6-14)15-12/h2-5,7H,1H3. The van der Waals surface area contributed by atoms with Gasteiger partial charge in [-0.2, -0.15) is 9.99 Å². The first-order chi connectivity index (χ1) is 8.60. The Hall–Kier alpha value is -2.32. The summed E-state index contributed by atoms with van der Waals surface area (Å²) in [4.78, 5) is 3.91. The lowest BCUT2D eigenvalue weighted by atomic mass is 10.3. The van der Waals surface area contributed by atoms with E-state index in [0.717, 1.165) is 0 Å². The Morgan fingerprint density at radius 2 is 2.17 bits per heavy atom. The molecule has 0 aliphatic rings. The summed E-state index contributed by atoms with van der Waals surface area (Å²) < 4.78 is 6.06. The molecule has 5 nitrogen and oxygen atoms in total. The highest BCUT2D eigenvalue weighted by atomic mass is 35.5. The van der Waals surface area contributed by atoms with Crippen molar-refractivity contribution < 1.29 is 9.47 Å². The fourth-order valence-electron chi connectivity index (χ4n) is 1.28. The summed E-state index contributed by atoms with van der Waals surface area (Å²) in [7, 11) is 0. The maximum absolute atomic E-state index is 11.4. The van der Waals surface area contributed by atoms with Crippen molar-refractivity contribution in [3.8, 4) is 17.7 Å². The summed E-state index contributed by atoms with van der Waals surface area (Å²) in [5, 5.41) is 20.4. The molecule has 2 aromatic heterocycles. The number of nitrogens with zero attached hydrogens (tertiary/aromatic N) is 3. The molecule has 2 aromatic rings.